The molecule has 0 radical (unpaired) electrons. The molecule has 0 aliphatic carbocycles. The van der Waals surface area contributed by atoms with Crippen LogP contribution in [0.15, 0.2) is 30.3 Å². The number of carbonyl (C=O) groups is 1. The average Bonchev–Trinajstić information content (AvgIpc) is 2.45. The molecule has 0 atom stereocenters. The van der Waals surface area contributed by atoms with E-state index in [1.165, 1.54) is 38.2 Å². The molecule has 0 fully saturated rings. The van der Waals surface area contributed by atoms with Gasteiger partial charge in [-0.15, -0.1) is 0 Å². The van der Waals surface area contributed by atoms with Gasteiger partial charge in [0.2, 0.25) is 5.91 Å². The van der Waals surface area contributed by atoms with E-state index in [1.807, 2.05) is 6.07 Å². The average molecular weight is 275 g/mol. The third-order valence-electron chi connectivity index (χ3n) is 3.18. The second-order valence-electron chi connectivity index (χ2n) is 4.95. The third-order valence-corrected chi connectivity index (χ3v) is 3.18. The quantitative estimate of drug-likeness (QED) is 0.530. The van der Waals surface area contributed by atoms with Crippen LogP contribution in [0, 0.1) is 0 Å². The number of carbonyl (C=O) groups excluding carboxylic acids is 1. The van der Waals surface area contributed by atoms with E-state index in [9.17, 15) is 9.90 Å². The summed E-state index contributed by atoms with van der Waals surface area (Å²) in [5, 5.41) is 12.4. The molecule has 1 aromatic carbocycles. The maximum absolute atomic E-state index is 11.6. The molecule has 0 bridgehead atoms. The fraction of sp³-hybridized carbons (Fsp3) is 0.471. The van der Waals surface area contributed by atoms with Crippen molar-refractivity contribution < 1.29 is 9.90 Å². The molecule has 3 heteroatoms. The van der Waals surface area contributed by atoms with E-state index >= 15 is 0 Å². The minimum atomic E-state index is -0.109. The number of rotatable bonds is 9. The van der Waals surface area contributed by atoms with E-state index in [0.29, 0.717) is 5.56 Å². The van der Waals surface area contributed by atoms with Gasteiger partial charge < -0.3 is 10.4 Å². The van der Waals surface area contributed by atoms with E-state index in [2.05, 4.69) is 12.2 Å². The molecule has 0 aromatic heterocycles. The summed E-state index contributed by atoms with van der Waals surface area (Å²) in [6.45, 7) is 2.92. The summed E-state index contributed by atoms with van der Waals surface area (Å²) >= 11 is 0. The van der Waals surface area contributed by atoms with Crippen LogP contribution in [0.2, 0.25) is 0 Å². The molecule has 0 unspecified atom stereocenters. The molecule has 20 heavy (non-hydrogen) atoms. The normalized spacial score (nSPS) is 10.8. The van der Waals surface area contributed by atoms with Crippen molar-refractivity contribution in [2.75, 3.05) is 6.54 Å². The minimum absolute atomic E-state index is 0.109. The zero-order valence-electron chi connectivity index (χ0n) is 12.3. The Kier molecular flexibility index (Phi) is 8.20. The SMILES string of the molecule is CCCCCCCCNC(=O)C=Cc1ccccc1O. The van der Waals surface area contributed by atoms with Gasteiger partial charge >= 0.3 is 0 Å². The van der Waals surface area contributed by atoms with E-state index in [1.54, 1.807) is 24.3 Å². The van der Waals surface area contributed by atoms with E-state index in [4.69, 9.17) is 0 Å². The Morgan fingerprint density at radius 2 is 1.85 bits per heavy atom. The van der Waals surface area contributed by atoms with Crippen molar-refractivity contribution in [1.29, 1.82) is 0 Å². The number of phenols is 1. The highest BCUT2D eigenvalue weighted by atomic mass is 16.3. The Morgan fingerprint density at radius 1 is 1.15 bits per heavy atom. The van der Waals surface area contributed by atoms with E-state index in [-0.39, 0.29) is 11.7 Å². The molecule has 1 aromatic rings. The Bertz CT molecular complexity index is 427. The Labute approximate surface area is 121 Å². The van der Waals surface area contributed by atoms with Crippen molar-refractivity contribution >= 4 is 12.0 Å². The van der Waals surface area contributed by atoms with Crippen molar-refractivity contribution in [1.82, 2.24) is 5.32 Å². The molecule has 0 spiro atoms. The van der Waals surface area contributed by atoms with Gasteiger partial charge in [-0.25, -0.2) is 0 Å². The van der Waals surface area contributed by atoms with Gasteiger partial charge in [0.05, 0.1) is 0 Å². The van der Waals surface area contributed by atoms with Crippen LogP contribution in [0.3, 0.4) is 0 Å². The van der Waals surface area contributed by atoms with Gasteiger partial charge in [0, 0.05) is 18.2 Å². The van der Waals surface area contributed by atoms with Crippen LogP contribution in [0.4, 0.5) is 0 Å². The van der Waals surface area contributed by atoms with Crippen molar-refractivity contribution in [3.63, 3.8) is 0 Å². The fourth-order valence-corrected chi connectivity index (χ4v) is 1.97. The second kappa shape index (κ2) is 10.1. The summed E-state index contributed by atoms with van der Waals surface area (Å²) in [4.78, 5) is 11.6. The number of para-hydroxylation sites is 1. The maximum Gasteiger partial charge on any atom is 0.244 e. The second-order valence-corrected chi connectivity index (χ2v) is 4.95. The Hall–Kier alpha value is -1.77. The largest absolute Gasteiger partial charge is 0.507 e. The predicted octanol–water partition coefficient (Wildman–Crippen LogP) is 3.88. The van der Waals surface area contributed by atoms with Gasteiger partial charge in [0.1, 0.15) is 5.75 Å². The molecule has 0 heterocycles. The first-order valence-corrected chi connectivity index (χ1v) is 7.48. The first-order chi connectivity index (χ1) is 9.74. The molecule has 2 N–H and O–H groups in total. The van der Waals surface area contributed by atoms with Crippen LogP contribution >= 0.6 is 0 Å². The summed E-state index contributed by atoms with van der Waals surface area (Å²) in [7, 11) is 0. The van der Waals surface area contributed by atoms with Crippen molar-refractivity contribution in [2.24, 2.45) is 0 Å². The molecule has 1 rings (SSSR count). The minimum Gasteiger partial charge on any atom is -0.507 e. The standard InChI is InChI=1S/C17H25NO2/c1-2-3-4-5-6-9-14-18-17(20)13-12-15-10-7-8-11-16(15)19/h7-8,10-13,19H,2-6,9,14H2,1H3,(H,18,20). The molecule has 3 nitrogen and oxygen atoms in total. The summed E-state index contributed by atoms with van der Waals surface area (Å²) in [6.07, 6.45) is 10.4. The van der Waals surface area contributed by atoms with Crippen LogP contribution in [0.25, 0.3) is 6.08 Å². The summed E-state index contributed by atoms with van der Waals surface area (Å²) in [6, 6.07) is 6.96. The first-order valence-electron chi connectivity index (χ1n) is 7.48. The van der Waals surface area contributed by atoms with Gasteiger partial charge in [-0.2, -0.15) is 0 Å². The van der Waals surface area contributed by atoms with Crippen molar-refractivity contribution in [2.45, 2.75) is 45.4 Å². The predicted molar refractivity (Wildman–Crippen MR) is 83.5 cm³/mol. The monoisotopic (exact) mass is 275 g/mol. The van der Waals surface area contributed by atoms with Gasteiger partial charge in [-0.05, 0) is 18.6 Å². The lowest BCUT2D eigenvalue weighted by Gasteiger charge is -2.02. The highest BCUT2D eigenvalue weighted by Gasteiger charge is 1.97. The number of hydrogen-bond acceptors (Lipinski definition) is 2. The lowest BCUT2D eigenvalue weighted by atomic mass is 10.1. The number of unbranched alkanes of at least 4 members (excludes halogenated alkanes) is 5. The highest BCUT2D eigenvalue weighted by molar-refractivity contribution is 5.92. The molecule has 0 saturated heterocycles. The molecule has 1 amide bonds. The van der Waals surface area contributed by atoms with Crippen molar-refractivity contribution in [3.8, 4) is 5.75 Å². The van der Waals surface area contributed by atoms with Crippen LogP contribution in [0.1, 0.15) is 51.0 Å². The zero-order chi connectivity index (χ0) is 14.6. The molecular weight excluding hydrogens is 250 g/mol. The maximum atomic E-state index is 11.6. The number of benzene rings is 1. The molecule has 110 valence electrons. The zero-order valence-corrected chi connectivity index (χ0v) is 12.3. The van der Waals surface area contributed by atoms with Gasteiger partial charge in [0.15, 0.2) is 0 Å². The van der Waals surface area contributed by atoms with E-state index < -0.39 is 0 Å². The lowest BCUT2D eigenvalue weighted by molar-refractivity contribution is -0.116. The lowest BCUT2D eigenvalue weighted by Crippen LogP contribution is -2.21. The number of hydrogen-bond donors (Lipinski definition) is 2. The van der Waals surface area contributed by atoms with Crippen molar-refractivity contribution in [3.05, 3.63) is 35.9 Å². The van der Waals surface area contributed by atoms with Crippen LogP contribution < -0.4 is 5.32 Å². The molecule has 0 aliphatic heterocycles. The fourth-order valence-electron chi connectivity index (χ4n) is 1.97. The summed E-state index contributed by atoms with van der Waals surface area (Å²) in [5.74, 6) is 0.0780. The van der Waals surface area contributed by atoms with Crippen LogP contribution in [-0.4, -0.2) is 17.6 Å². The topological polar surface area (TPSA) is 49.3 Å². The summed E-state index contributed by atoms with van der Waals surface area (Å²) < 4.78 is 0. The molecular formula is C17H25NO2. The summed E-state index contributed by atoms with van der Waals surface area (Å²) in [5.41, 5.74) is 0.655. The highest BCUT2D eigenvalue weighted by Crippen LogP contribution is 2.16. The number of amides is 1. The van der Waals surface area contributed by atoms with E-state index in [0.717, 1.165) is 13.0 Å². The third kappa shape index (κ3) is 6.98. The van der Waals surface area contributed by atoms with Crippen LogP contribution in [0.5, 0.6) is 5.75 Å². The van der Waals surface area contributed by atoms with Gasteiger partial charge in [0.25, 0.3) is 0 Å². The van der Waals surface area contributed by atoms with Crippen LogP contribution in [-0.2, 0) is 4.79 Å². The smallest absolute Gasteiger partial charge is 0.244 e. The first kappa shape index (κ1) is 16.3. The number of phenolic OH excluding ortho intramolecular Hbond substituents is 1. The molecule has 0 saturated carbocycles. The number of nitrogens with one attached hydrogen (secondary N) is 1. The van der Waals surface area contributed by atoms with Gasteiger partial charge in [-0.1, -0.05) is 57.2 Å². The Morgan fingerprint density at radius 3 is 2.60 bits per heavy atom. The molecule has 0 aliphatic rings. The Balaban J connectivity index is 2.16. The number of aromatic hydroxyl groups is 1. The van der Waals surface area contributed by atoms with Gasteiger partial charge in [-0.3, -0.25) is 4.79 Å².